The van der Waals surface area contributed by atoms with E-state index in [4.69, 9.17) is 0 Å². The van der Waals surface area contributed by atoms with Crippen molar-refractivity contribution in [2.45, 2.75) is 13.5 Å². The van der Waals surface area contributed by atoms with E-state index in [9.17, 15) is 19.5 Å². The molecule has 0 saturated carbocycles. The molecule has 7 heteroatoms. The number of H-pyrrole nitrogens is 1. The van der Waals surface area contributed by atoms with Crippen LogP contribution >= 0.6 is 0 Å². The van der Waals surface area contributed by atoms with E-state index in [0.717, 1.165) is 11.5 Å². The predicted molar refractivity (Wildman–Crippen MR) is 51.0 cm³/mol. The summed E-state index contributed by atoms with van der Waals surface area (Å²) in [7, 11) is 0. The first-order valence-electron chi connectivity index (χ1n) is 4.15. The molecule has 6 nitrogen and oxygen atoms in total. The van der Waals surface area contributed by atoms with Crippen molar-refractivity contribution < 1.29 is 39.5 Å². The van der Waals surface area contributed by atoms with Gasteiger partial charge >= 0.3 is 35.2 Å². The van der Waals surface area contributed by atoms with Gasteiger partial charge in [-0.25, -0.2) is 4.79 Å². The van der Waals surface area contributed by atoms with Crippen LogP contribution in [-0.4, -0.2) is 15.3 Å². The number of nitrogens with one attached hydrogen (secondary N) is 1. The van der Waals surface area contributed by atoms with Gasteiger partial charge in [0.2, 0.25) is 0 Å². The molecule has 80 valence electrons. The molecule has 0 aromatic carbocycles. The molecule has 0 amide bonds. The summed E-state index contributed by atoms with van der Waals surface area (Å²) >= 11 is 0. The van der Waals surface area contributed by atoms with E-state index in [0.29, 0.717) is 0 Å². The van der Waals surface area contributed by atoms with Crippen molar-refractivity contribution in [2.24, 2.45) is 0 Å². The van der Waals surface area contributed by atoms with E-state index in [2.05, 4.69) is 6.58 Å². The molecule has 0 aliphatic carbocycles. The standard InChI is InChI=1S/C9H10N2O4.Na/c1-3-4-11-8(14)6(5(2)12)7(13)10-9(11)15;/h3,14H,1,4H2,2H3,(H,10,13,15);/q;+1/p-1. The molecular weight excluding hydrogens is 223 g/mol. The van der Waals surface area contributed by atoms with E-state index in [1.807, 2.05) is 4.98 Å². The molecule has 0 aliphatic rings. The normalized spacial score (nSPS) is 9.31. The van der Waals surface area contributed by atoms with Crippen LogP contribution in [0.3, 0.4) is 0 Å². The number of ketones is 1. The van der Waals surface area contributed by atoms with Gasteiger partial charge in [-0.05, 0) is 12.8 Å². The van der Waals surface area contributed by atoms with Crippen LogP contribution in [0.4, 0.5) is 0 Å². The Labute approximate surface area is 113 Å². The minimum atomic E-state index is -0.946. The van der Waals surface area contributed by atoms with Gasteiger partial charge in [-0.3, -0.25) is 14.6 Å². The molecule has 16 heavy (non-hydrogen) atoms. The zero-order chi connectivity index (χ0) is 11.6. The molecule has 0 saturated heterocycles. The number of carbonyl (C=O) groups is 1. The van der Waals surface area contributed by atoms with Gasteiger partial charge in [0.05, 0.1) is 5.56 Å². The maximum atomic E-state index is 11.5. The number of hydrogen-bond donors (Lipinski definition) is 1. The molecule has 1 aromatic heterocycles. The van der Waals surface area contributed by atoms with Gasteiger partial charge in [-0.2, -0.15) is 0 Å². The summed E-state index contributed by atoms with van der Waals surface area (Å²) in [5, 5.41) is 11.5. The zero-order valence-electron chi connectivity index (χ0n) is 9.07. The Hall–Kier alpha value is -1.11. The fraction of sp³-hybridized carbons (Fsp3) is 0.222. The van der Waals surface area contributed by atoms with E-state index in [-0.39, 0.29) is 36.1 Å². The quantitative estimate of drug-likeness (QED) is 0.326. The first-order valence-corrected chi connectivity index (χ1v) is 4.15. The van der Waals surface area contributed by atoms with Gasteiger partial charge in [-0.1, -0.05) is 6.08 Å². The van der Waals surface area contributed by atoms with Gasteiger partial charge < -0.3 is 9.67 Å². The van der Waals surface area contributed by atoms with Crippen LogP contribution in [0.1, 0.15) is 17.3 Å². The third-order valence-corrected chi connectivity index (χ3v) is 1.82. The third kappa shape index (κ3) is 2.72. The molecule has 0 radical (unpaired) electrons. The molecule has 0 fully saturated rings. The Morgan fingerprint density at radius 1 is 1.56 bits per heavy atom. The molecule has 0 atom stereocenters. The number of carbonyl (C=O) groups excluding carboxylic acids is 1. The topological polar surface area (TPSA) is 95.0 Å². The second-order valence-corrected chi connectivity index (χ2v) is 2.89. The summed E-state index contributed by atoms with van der Waals surface area (Å²) in [6.07, 6.45) is 1.32. The summed E-state index contributed by atoms with van der Waals surface area (Å²) < 4.78 is 0.741. The van der Waals surface area contributed by atoms with Crippen LogP contribution in [0.5, 0.6) is 5.88 Å². The van der Waals surface area contributed by atoms with E-state index < -0.39 is 28.5 Å². The molecule has 0 spiro atoms. The first-order chi connectivity index (χ1) is 6.99. The number of nitrogens with zero attached hydrogens (tertiary/aromatic N) is 1. The largest absolute Gasteiger partial charge is 1.00 e. The summed E-state index contributed by atoms with van der Waals surface area (Å²) in [4.78, 5) is 35.2. The maximum absolute atomic E-state index is 11.5. The molecule has 1 N–H and O–H groups in total. The number of hydrogen-bond acceptors (Lipinski definition) is 4. The van der Waals surface area contributed by atoms with Gasteiger partial charge in [0.1, 0.15) is 0 Å². The zero-order valence-corrected chi connectivity index (χ0v) is 11.1. The summed E-state index contributed by atoms with van der Waals surface area (Å²) in [6, 6.07) is 0. The van der Waals surface area contributed by atoms with Gasteiger partial charge in [0.25, 0.3) is 5.56 Å². The summed E-state index contributed by atoms with van der Waals surface area (Å²) in [5.74, 6) is -1.55. The van der Waals surface area contributed by atoms with Crippen molar-refractivity contribution in [3.8, 4) is 5.88 Å². The van der Waals surface area contributed by atoms with Crippen molar-refractivity contribution in [1.82, 2.24) is 9.55 Å². The Kier molecular flexibility index (Phi) is 5.43. The van der Waals surface area contributed by atoms with Gasteiger partial charge in [-0.15, -0.1) is 6.58 Å². The molecule has 1 rings (SSSR count). The fourth-order valence-electron chi connectivity index (χ4n) is 1.16. The Balaban J connectivity index is 0.00000225. The van der Waals surface area contributed by atoms with Crippen LogP contribution in [0.15, 0.2) is 22.2 Å². The van der Waals surface area contributed by atoms with Crippen LogP contribution < -0.4 is 45.9 Å². The number of aromatic amines is 1. The predicted octanol–water partition coefficient (Wildman–Crippen LogP) is -4.00. The van der Waals surface area contributed by atoms with Crippen molar-refractivity contribution >= 4 is 5.78 Å². The SMILES string of the molecule is C=CCn1c([O-])c(C(C)=O)c(=O)[nH]c1=O.[Na+]. The van der Waals surface area contributed by atoms with Gasteiger partial charge in [0, 0.05) is 6.54 Å². The molecule has 1 heterocycles. The van der Waals surface area contributed by atoms with Crippen molar-refractivity contribution in [3.63, 3.8) is 0 Å². The molecule has 0 aliphatic heterocycles. The number of rotatable bonds is 3. The minimum Gasteiger partial charge on any atom is -0.859 e. The number of Topliss-reactive ketones (excluding diaryl/α,β-unsaturated/α-hetero) is 1. The minimum absolute atomic E-state index is 0. The first kappa shape index (κ1) is 14.9. The summed E-state index contributed by atoms with van der Waals surface area (Å²) in [6.45, 7) is 4.40. The third-order valence-electron chi connectivity index (χ3n) is 1.82. The molecule has 0 unspecified atom stereocenters. The molecule has 0 bridgehead atoms. The van der Waals surface area contributed by atoms with Crippen LogP contribution in [0, 0.1) is 0 Å². The Bertz CT molecular complexity index is 529. The molecular formula is C9H9N2NaO4. The van der Waals surface area contributed by atoms with Crippen molar-refractivity contribution in [2.75, 3.05) is 0 Å². The second-order valence-electron chi connectivity index (χ2n) is 2.89. The van der Waals surface area contributed by atoms with Crippen LogP contribution in [0.2, 0.25) is 0 Å². The average molecular weight is 232 g/mol. The Morgan fingerprint density at radius 3 is 2.56 bits per heavy atom. The number of aromatic nitrogens is 2. The van der Waals surface area contributed by atoms with Crippen LogP contribution in [-0.2, 0) is 6.54 Å². The smallest absolute Gasteiger partial charge is 0.859 e. The fourth-order valence-corrected chi connectivity index (χ4v) is 1.16. The second kappa shape index (κ2) is 5.83. The molecule has 1 aromatic rings. The van der Waals surface area contributed by atoms with E-state index in [1.54, 1.807) is 0 Å². The Morgan fingerprint density at radius 2 is 2.12 bits per heavy atom. The van der Waals surface area contributed by atoms with Gasteiger partial charge in [0.15, 0.2) is 5.78 Å². The van der Waals surface area contributed by atoms with Crippen molar-refractivity contribution in [1.29, 1.82) is 0 Å². The maximum Gasteiger partial charge on any atom is 1.00 e. The van der Waals surface area contributed by atoms with E-state index >= 15 is 0 Å². The van der Waals surface area contributed by atoms with Crippen molar-refractivity contribution in [3.05, 3.63) is 39.1 Å². The average Bonchev–Trinajstić information content (AvgIpc) is 2.11. The summed E-state index contributed by atoms with van der Waals surface area (Å²) in [5.41, 5.74) is -2.32. The number of allylic oxidation sites excluding steroid dienone is 1. The van der Waals surface area contributed by atoms with Crippen LogP contribution in [0.25, 0.3) is 0 Å². The monoisotopic (exact) mass is 232 g/mol. The van der Waals surface area contributed by atoms with E-state index in [1.165, 1.54) is 6.08 Å².